The van der Waals surface area contributed by atoms with Crippen molar-refractivity contribution in [3.8, 4) is 0 Å². The van der Waals surface area contributed by atoms with Crippen LogP contribution >= 0.6 is 0 Å². The van der Waals surface area contributed by atoms with Crippen LogP contribution in [0.2, 0.25) is 0 Å². The van der Waals surface area contributed by atoms with Crippen molar-refractivity contribution in [3.63, 3.8) is 0 Å². The molecule has 1 atom stereocenters. The van der Waals surface area contributed by atoms with Crippen LogP contribution in [0.15, 0.2) is 41.0 Å². The summed E-state index contributed by atoms with van der Waals surface area (Å²) in [7, 11) is 0. The smallest absolute Gasteiger partial charge is 0.228 e. The number of fused-ring (bicyclic) bond motifs is 1. The van der Waals surface area contributed by atoms with Gasteiger partial charge in [0.15, 0.2) is 0 Å². The Labute approximate surface area is 125 Å². The third-order valence-electron chi connectivity index (χ3n) is 4.26. The number of rotatable bonds is 4. The minimum atomic E-state index is 0.0572. The molecule has 4 nitrogen and oxygen atoms in total. The molecule has 2 aliphatic heterocycles. The Morgan fingerprint density at radius 3 is 2.95 bits per heavy atom. The van der Waals surface area contributed by atoms with Gasteiger partial charge in [0.2, 0.25) is 5.91 Å². The molecule has 2 heterocycles. The molecule has 0 radical (unpaired) electrons. The first-order valence-corrected chi connectivity index (χ1v) is 7.59. The highest BCUT2D eigenvalue weighted by Gasteiger charge is 2.36. The molecule has 21 heavy (non-hydrogen) atoms. The number of amides is 1. The van der Waals surface area contributed by atoms with E-state index in [0.29, 0.717) is 13.0 Å². The van der Waals surface area contributed by atoms with Gasteiger partial charge in [-0.15, -0.1) is 0 Å². The predicted molar refractivity (Wildman–Crippen MR) is 85.5 cm³/mol. The molecule has 110 valence electrons. The van der Waals surface area contributed by atoms with Crippen molar-refractivity contribution in [1.82, 2.24) is 0 Å². The molecule has 3 rings (SSSR count). The number of nitrogens with zero attached hydrogens (tertiary/aromatic N) is 2. The number of carbonyl (C=O) groups excluding carboxylic acids is 1. The zero-order chi connectivity index (χ0) is 14.8. The van der Waals surface area contributed by atoms with Crippen LogP contribution in [0.1, 0.15) is 31.7 Å². The van der Waals surface area contributed by atoms with Gasteiger partial charge in [-0.05, 0) is 23.6 Å². The zero-order valence-electron chi connectivity index (χ0n) is 12.4. The molecule has 0 fully saturated rings. The number of para-hydroxylation sites is 1. The molecule has 4 heteroatoms. The summed E-state index contributed by atoms with van der Waals surface area (Å²) < 4.78 is 0. The Morgan fingerprint density at radius 2 is 2.24 bits per heavy atom. The Balaban J connectivity index is 1.89. The van der Waals surface area contributed by atoms with E-state index in [-0.39, 0.29) is 11.9 Å². The number of nitrogens with two attached hydrogens (primary N) is 1. The third kappa shape index (κ3) is 2.51. The van der Waals surface area contributed by atoms with Crippen LogP contribution in [-0.4, -0.2) is 24.2 Å². The predicted octanol–water partition coefficient (Wildman–Crippen LogP) is 2.43. The molecule has 0 spiro atoms. The fraction of sp³-hybridized carbons (Fsp3) is 0.412. The number of anilines is 1. The van der Waals surface area contributed by atoms with Crippen LogP contribution in [0.5, 0.6) is 0 Å². The van der Waals surface area contributed by atoms with Gasteiger partial charge in [-0.25, -0.2) is 0 Å². The van der Waals surface area contributed by atoms with E-state index in [1.165, 1.54) is 11.1 Å². The highest BCUT2D eigenvalue weighted by Crippen LogP contribution is 2.35. The highest BCUT2D eigenvalue weighted by atomic mass is 16.2. The van der Waals surface area contributed by atoms with E-state index in [4.69, 9.17) is 5.73 Å². The molecule has 0 aromatic heterocycles. The van der Waals surface area contributed by atoms with E-state index >= 15 is 0 Å². The van der Waals surface area contributed by atoms with E-state index in [2.05, 4.69) is 18.0 Å². The van der Waals surface area contributed by atoms with Gasteiger partial charge in [-0.2, -0.15) is 0 Å². The first-order chi connectivity index (χ1) is 10.2. The third-order valence-corrected chi connectivity index (χ3v) is 4.26. The van der Waals surface area contributed by atoms with Gasteiger partial charge in [0, 0.05) is 43.4 Å². The lowest BCUT2D eigenvalue weighted by molar-refractivity contribution is -0.118. The molecular formula is C17H21N3O. The largest absolute Gasteiger partial charge is 0.330 e. The van der Waals surface area contributed by atoms with Crippen LogP contribution < -0.4 is 10.6 Å². The van der Waals surface area contributed by atoms with Gasteiger partial charge in [-0.1, -0.05) is 25.1 Å². The Morgan fingerprint density at radius 1 is 1.43 bits per heavy atom. The quantitative estimate of drug-likeness (QED) is 0.922. The molecule has 2 aliphatic rings. The van der Waals surface area contributed by atoms with E-state index in [1.54, 1.807) is 0 Å². The fourth-order valence-electron chi connectivity index (χ4n) is 3.12. The van der Waals surface area contributed by atoms with Crippen LogP contribution in [-0.2, 0) is 11.2 Å². The lowest BCUT2D eigenvalue weighted by Crippen LogP contribution is -2.43. The van der Waals surface area contributed by atoms with Crippen molar-refractivity contribution >= 4 is 17.3 Å². The molecule has 0 saturated carbocycles. The van der Waals surface area contributed by atoms with Crippen molar-refractivity contribution in [2.75, 3.05) is 11.4 Å². The number of aliphatic imine (C=N–C) groups is 1. The second kappa shape index (κ2) is 5.82. The summed E-state index contributed by atoms with van der Waals surface area (Å²) in [4.78, 5) is 19.0. The van der Waals surface area contributed by atoms with Crippen LogP contribution in [0, 0.1) is 0 Å². The summed E-state index contributed by atoms with van der Waals surface area (Å²) in [6.07, 6.45) is 5.11. The average Bonchev–Trinajstić information content (AvgIpc) is 3.11. The Hall–Kier alpha value is -1.94. The van der Waals surface area contributed by atoms with Gasteiger partial charge in [-0.3, -0.25) is 9.79 Å². The molecule has 1 aromatic carbocycles. The van der Waals surface area contributed by atoms with Crippen LogP contribution in [0.3, 0.4) is 0 Å². The summed E-state index contributed by atoms with van der Waals surface area (Å²) >= 11 is 0. The molecule has 2 N–H and O–H groups in total. The second-order valence-corrected chi connectivity index (χ2v) is 5.59. The summed E-state index contributed by atoms with van der Waals surface area (Å²) in [5.74, 6) is 0.0973. The first-order valence-electron chi connectivity index (χ1n) is 7.59. The standard InChI is InChI=1S/C17H21N3O/c1-2-12-9-14(19-11-12)16-10-13-5-3-4-6-15(13)20(16)17(21)7-8-18/h3-6,11,16H,2,7-10,18H2,1H3. The van der Waals surface area contributed by atoms with Gasteiger partial charge < -0.3 is 10.6 Å². The lowest BCUT2D eigenvalue weighted by Gasteiger charge is -2.26. The maximum absolute atomic E-state index is 12.5. The molecule has 0 saturated heterocycles. The fourth-order valence-corrected chi connectivity index (χ4v) is 3.12. The molecule has 1 aromatic rings. The summed E-state index contributed by atoms with van der Waals surface area (Å²) in [5, 5.41) is 0. The average molecular weight is 283 g/mol. The maximum atomic E-state index is 12.5. The molecule has 0 bridgehead atoms. The number of benzene rings is 1. The van der Waals surface area contributed by atoms with Crippen molar-refractivity contribution in [2.45, 2.75) is 38.6 Å². The van der Waals surface area contributed by atoms with Crippen molar-refractivity contribution in [1.29, 1.82) is 0 Å². The molecule has 1 unspecified atom stereocenters. The monoisotopic (exact) mass is 283 g/mol. The normalized spacial score (nSPS) is 20.3. The number of allylic oxidation sites excluding steroid dienone is 1. The van der Waals surface area contributed by atoms with Gasteiger partial charge in [0.1, 0.15) is 0 Å². The lowest BCUT2D eigenvalue weighted by atomic mass is 10.0. The zero-order valence-corrected chi connectivity index (χ0v) is 12.4. The summed E-state index contributed by atoms with van der Waals surface area (Å²) in [6.45, 7) is 2.53. The van der Waals surface area contributed by atoms with Gasteiger partial charge in [0.25, 0.3) is 0 Å². The van der Waals surface area contributed by atoms with Gasteiger partial charge >= 0.3 is 0 Å². The number of hydrogen-bond acceptors (Lipinski definition) is 3. The maximum Gasteiger partial charge on any atom is 0.228 e. The van der Waals surface area contributed by atoms with E-state index in [1.807, 2.05) is 29.3 Å². The van der Waals surface area contributed by atoms with Crippen molar-refractivity contribution < 1.29 is 4.79 Å². The number of carbonyl (C=O) groups is 1. The van der Waals surface area contributed by atoms with Gasteiger partial charge in [0.05, 0.1) is 6.04 Å². The summed E-state index contributed by atoms with van der Waals surface area (Å²) in [5.41, 5.74) is 10.3. The van der Waals surface area contributed by atoms with Crippen molar-refractivity contribution in [3.05, 3.63) is 41.6 Å². The van der Waals surface area contributed by atoms with Crippen LogP contribution in [0.25, 0.3) is 0 Å². The molecule has 0 aliphatic carbocycles. The Bertz CT molecular complexity index is 618. The number of hydrogen-bond donors (Lipinski definition) is 1. The van der Waals surface area contributed by atoms with Crippen LogP contribution in [0.4, 0.5) is 5.69 Å². The van der Waals surface area contributed by atoms with E-state index in [0.717, 1.165) is 30.7 Å². The van der Waals surface area contributed by atoms with E-state index < -0.39 is 0 Å². The second-order valence-electron chi connectivity index (χ2n) is 5.59. The topological polar surface area (TPSA) is 58.7 Å². The molecular weight excluding hydrogens is 262 g/mol. The van der Waals surface area contributed by atoms with E-state index in [9.17, 15) is 4.79 Å². The highest BCUT2D eigenvalue weighted by molar-refractivity contribution is 6.07. The minimum absolute atomic E-state index is 0.0572. The SMILES string of the molecule is CCC1=CN=C(C2Cc3ccccc3N2C(=O)CCN)C1. The summed E-state index contributed by atoms with van der Waals surface area (Å²) in [6, 6.07) is 8.19. The van der Waals surface area contributed by atoms with Crippen molar-refractivity contribution in [2.24, 2.45) is 10.7 Å². The Kier molecular flexibility index (Phi) is 3.88. The molecule has 1 amide bonds. The minimum Gasteiger partial charge on any atom is -0.330 e. The first kappa shape index (κ1) is 14.0.